The molecule has 30 heavy (non-hydrogen) atoms. The number of hydrogen-bond acceptors (Lipinski definition) is 4. The summed E-state index contributed by atoms with van der Waals surface area (Å²) in [6, 6.07) is 12.1. The van der Waals surface area contributed by atoms with Gasteiger partial charge in [0.2, 0.25) is 0 Å². The highest BCUT2D eigenvalue weighted by molar-refractivity contribution is 5.95. The van der Waals surface area contributed by atoms with Gasteiger partial charge < -0.3 is 4.57 Å². The van der Waals surface area contributed by atoms with E-state index in [9.17, 15) is 19.7 Å². The molecule has 4 rings (SSSR count). The molecule has 4 aromatic rings. The maximum absolute atomic E-state index is 13.1. The Kier molecular flexibility index (Phi) is 4.42. The number of aryl methyl sites for hydroxylation is 3. The zero-order chi connectivity index (χ0) is 21.7. The molecule has 0 bridgehead atoms. The van der Waals surface area contributed by atoms with Gasteiger partial charge in [-0.1, -0.05) is 29.8 Å². The number of benzene rings is 2. The lowest BCUT2D eigenvalue weighted by Gasteiger charge is -2.13. The molecule has 0 saturated heterocycles. The third kappa shape index (κ3) is 2.85. The maximum Gasteiger partial charge on any atom is 0.330 e. The van der Waals surface area contributed by atoms with Crippen LogP contribution >= 0.6 is 0 Å². The number of nitro groups is 1. The summed E-state index contributed by atoms with van der Waals surface area (Å²) >= 11 is 0. The third-order valence-corrected chi connectivity index (χ3v) is 5.38. The van der Waals surface area contributed by atoms with Crippen LogP contribution in [0.4, 0.5) is 5.69 Å². The van der Waals surface area contributed by atoms with E-state index in [1.165, 1.54) is 23.7 Å². The summed E-state index contributed by atoms with van der Waals surface area (Å²) in [5.74, 6) is 0. The minimum atomic E-state index is -0.468. The fourth-order valence-electron chi connectivity index (χ4n) is 3.86. The van der Waals surface area contributed by atoms with Gasteiger partial charge in [0.05, 0.1) is 21.5 Å². The van der Waals surface area contributed by atoms with Crippen molar-refractivity contribution in [3.8, 4) is 16.9 Å². The molecule has 0 N–H and O–H groups in total. The molecule has 8 nitrogen and oxygen atoms in total. The summed E-state index contributed by atoms with van der Waals surface area (Å²) < 4.78 is 4.30. The average Bonchev–Trinajstić information content (AvgIpc) is 3.11. The fourth-order valence-corrected chi connectivity index (χ4v) is 3.86. The summed E-state index contributed by atoms with van der Waals surface area (Å²) in [7, 11) is 3.03. The van der Waals surface area contributed by atoms with E-state index in [1.54, 1.807) is 25.4 Å². The van der Waals surface area contributed by atoms with Crippen LogP contribution in [-0.4, -0.2) is 18.6 Å². The Morgan fingerprint density at radius 1 is 0.967 bits per heavy atom. The molecule has 0 aliphatic heterocycles. The maximum atomic E-state index is 13.1. The largest absolute Gasteiger partial charge is 0.330 e. The quantitative estimate of drug-likeness (QED) is 0.387. The highest BCUT2D eigenvalue weighted by Crippen LogP contribution is 2.33. The predicted octanol–water partition coefficient (Wildman–Crippen LogP) is 3.22. The lowest BCUT2D eigenvalue weighted by molar-refractivity contribution is -0.384. The molecule has 0 aliphatic carbocycles. The van der Waals surface area contributed by atoms with Gasteiger partial charge in [0.15, 0.2) is 0 Å². The minimum Gasteiger partial charge on any atom is -0.313 e. The van der Waals surface area contributed by atoms with E-state index in [2.05, 4.69) is 0 Å². The van der Waals surface area contributed by atoms with Crippen molar-refractivity contribution in [3.05, 3.63) is 90.7 Å². The Balaban J connectivity index is 2.21. The molecule has 0 aliphatic rings. The number of non-ortho nitro benzene ring substituents is 1. The van der Waals surface area contributed by atoms with Crippen molar-refractivity contribution >= 4 is 16.6 Å². The summed E-state index contributed by atoms with van der Waals surface area (Å²) in [6.45, 7) is 3.95. The van der Waals surface area contributed by atoms with Crippen LogP contribution in [0.3, 0.4) is 0 Å². The van der Waals surface area contributed by atoms with E-state index in [-0.39, 0.29) is 5.69 Å². The van der Waals surface area contributed by atoms with Gasteiger partial charge in [-0.3, -0.25) is 24.0 Å². The van der Waals surface area contributed by atoms with Gasteiger partial charge in [-0.15, -0.1) is 0 Å². The normalized spacial score (nSPS) is 11.2. The van der Waals surface area contributed by atoms with Crippen LogP contribution in [-0.2, 0) is 14.1 Å². The Labute approximate surface area is 171 Å². The van der Waals surface area contributed by atoms with Gasteiger partial charge in [0, 0.05) is 43.7 Å². The Hall–Kier alpha value is -3.94. The lowest BCUT2D eigenvalue weighted by atomic mass is 10.1. The number of fused-ring (bicyclic) bond motifs is 1. The van der Waals surface area contributed by atoms with Crippen LogP contribution in [0.15, 0.2) is 58.3 Å². The number of rotatable bonds is 3. The summed E-state index contributed by atoms with van der Waals surface area (Å²) in [5.41, 5.74) is 3.44. The molecule has 8 heteroatoms. The van der Waals surface area contributed by atoms with Gasteiger partial charge in [-0.2, -0.15) is 0 Å². The topological polar surface area (TPSA) is 92.1 Å². The smallest absolute Gasteiger partial charge is 0.313 e. The van der Waals surface area contributed by atoms with E-state index < -0.39 is 16.2 Å². The number of aromatic nitrogens is 3. The monoisotopic (exact) mass is 404 g/mol. The summed E-state index contributed by atoms with van der Waals surface area (Å²) in [4.78, 5) is 36.5. The first-order valence-corrected chi connectivity index (χ1v) is 9.34. The molecule has 0 atom stereocenters. The van der Waals surface area contributed by atoms with Crippen LogP contribution in [0.25, 0.3) is 27.8 Å². The van der Waals surface area contributed by atoms with Crippen LogP contribution in [0.2, 0.25) is 0 Å². The predicted molar refractivity (Wildman–Crippen MR) is 115 cm³/mol. The Bertz CT molecular complexity index is 1460. The molecule has 0 unspecified atom stereocenters. The lowest BCUT2D eigenvalue weighted by Crippen LogP contribution is -2.36. The van der Waals surface area contributed by atoms with E-state index >= 15 is 0 Å². The molecule has 0 radical (unpaired) electrons. The fraction of sp³-hybridized carbons (Fsp3) is 0.182. The summed E-state index contributed by atoms with van der Waals surface area (Å²) in [5, 5.41) is 11.7. The van der Waals surface area contributed by atoms with Crippen molar-refractivity contribution in [2.24, 2.45) is 14.1 Å². The highest BCUT2D eigenvalue weighted by Gasteiger charge is 2.22. The van der Waals surface area contributed by atoms with Crippen LogP contribution < -0.4 is 11.2 Å². The highest BCUT2D eigenvalue weighted by atomic mass is 16.6. The molecular formula is C22H20N4O4. The second-order valence-corrected chi connectivity index (χ2v) is 7.41. The zero-order valence-corrected chi connectivity index (χ0v) is 17.0. The molecule has 2 aromatic heterocycles. The van der Waals surface area contributed by atoms with Gasteiger partial charge in [-0.25, -0.2) is 4.79 Å². The molecule has 152 valence electrons. The molecule has 0 fully saturated rings. The van der Waals surface area contributed by atoms with Crippen molar-refractivity contribution < 1.29 is 4.92 Å². The van der Waals surface area contributed by atoms with Crippen molar-refractivity contribution in [2.45, 2.75) is 13.8 Å². The van der Waals surface area contributed by atoms with Gasteiger partial charge in [0.25, 0.3) is 11.2 Å². The second-order valence-electron chi connectivity index (χ2n) is 7.41. The first kappa shape index (κ1) is 19.4. The minimum absolute atomic E-state index is 0.0735. The Morgan fingerprint density at radius 2 is 1.70 bits per heavy atom. The third-order valence-electron chi connectivity index (χ3n) is 5.38. The molecule has 2 aromatic carbocycles. The van der Waals surface area contributed by atoms with Gasteiger partial charge in [0.1, 0.15) is 0 Å². The van der Waals surface area contributed by atoms with Crippen LogP contribution in [0.5, 0.6) is 0 Å². The number of hydrogen-bond donors (Lipinski definition) is 0. The second kappa shape index (κ2) is 6.84. The van der Waals surface area contributed by atoms with E-state index in [4.69, 9.17) is 0 Å². The van der Waals surface area contributed by atoms with Gasteiger partial charge in [-0.05, 0) is 25.5 Å². The molecule has 0 amide bonds. The summed E-state index contributed by atoms with van der Waals surface area (Å²) in [6.07, 6.45) is 1.74. The average molecular weight is 404 g/mol. The molecular weight excluding hydrogens is 384 g/mol. The van der Waals surface area contributed by atoms with E-state index in [1.807, 2.05) is 36.6 Å². The molecule has 0 saturated carbocycles. The van der Waals surface area contributed by atoms with E-state index in [0.717, 1.165) is 21.4 Å². The van der Waals surface area contributed by atoms with Crippen molar-refractivity contribution in [1.82, 2.24) is 13.7 Å². The first-order valence-electron chi connectivity index (χ1n) is 9.34. The molecule has 2 heterocycles. The zero-order valence-electron chi connectivity index (χ0n) is 17.0. The van der Waals surface area contributed by atoms with Crippen molar-refractivity contribution in [2.75, 3.05) is 0 Å². The number of nitrogens with zero attached hydrogens (tertiary/aromatic N) is 4. The van der Waals surface area contributed by atoms with Crippen LogP contribution in [0, 0.1) is 24.0 Å². The van der Waals surface area contributed by atoms with Crippen molar-refractivity contribution in [1.29, 1.82) is 0 Å². The SMILES string of the molecule is Cc1ccc(-n2cc3c(c2-c2cccc([N+](=O)[O-])c2)c(=O)n(C)c(=O)n3C)c(C)c1. The first-order chi connectivity index (χ1) is 14.2. The Morgan fingerprint density at radius 3 is 2.37 bits per heavy atom. The number of nitro benzene ring substituents is 1. The van der Waals surface area contributed by atoms with E-state index in [0.29, 0.717) is 22.2 Å². The molecule has 0 spiro atoms. The standard InChI is InChI=1S/C22H20N4O4/c1-13-8-9-17(14(2)10-13)25-12-18-19(21(27)24(4)22(28)23(18)3)20(25)15-6-5-7-16(11-15)26(29)30/h5-12H,1-4H3. The van der Waals surface area contributed by atoms with Crippen molar-refractivity contribution in [3.63, 3.8) is 0 Å². The van der Waals surface area contributed by atoms with Crippen LogP contribution in [0.1, 0.15) is 11.1 Å². The van der Waals surface area contributed by atoms with Gasteiger partial charge >= 0.3 is 5.69 Å².